The number of carbonyl (C=O) groups is 2. The minimum absolute atomic E-state index is 0.0367. The third kappa shape index (κ3) is 2.24. The molecule has 0 spiro atoms. The van der Waals surface area contributed by atoms with Crippen LogP contribution in [0.2, 0.25) is 0 Å². The summed E-state index contributed by atoms with van der Waals surface area (Å²) < 4.78 is 0. The molecule has 2 heterocycles. The zero-order valence-corrected chi connectivity index (χ0v) is 9.05. The van der Waals surface area contributed by atoms with Crippen LogP contribution in [0.25, 0.3) is 0 Å². The van der Waals surface area contributed by atoms with Gasteiger partial charge >= 0.3 is 0 Å². The van der Waals surface area contributed by atoms with E-state index in [-0.39, 0.29) is 5.91 Å². The molecule has 1 aliphatic rings. The van der Waals surface area contributed by atoms with E-state index in [1.54, 1.807) is 12.1 Å². The van der Waals surface area contributed by atoms with E-state index in [2.05, 4.69) is 5.32 Å². The number of aldehydes is 1. The van der Waals surface area contributed by atoms with Crippen LogP contribution in [0.3, 0.4) is 0 Å². The molecule has 0 atom stereocenters. The Morgan fingerprint density at radius 1 is 1.40 bits per heavy atom. The molecule has 1 aromatic rings. The fourth-order valence-electron chi connectivity index (χ4n) is 1.55. The van der Waals surface area contributed by atoms with Crippen LogP contribution in [-0.4, -0.2) is 43.3 Å². The minimum atomic E-state index is 0.0367. The highest BCUT2D eigenvalue weighted by Gasteiger charge is 2.19. The van der Waals surface area contributed by atoms with Gasteiger partial charge in [0, 0.05) is 26.2 Å². The van der Waals surface area contributed by atoms with E-state index < -0.39 is 0 Å². The average Bonchev–Trinajstić information content (AvgIpc) is 2.78. The van der Waals surface area contributed by atoms with Gasteiger partial charge in [-0.05, 0) is 12.1 Å². The van der Waals surface area contributed by atoms with Gasteiger partial charge in [-0.25, -0.2) is 0 Å². The lowest BCUT2D eigenvalue weighted by molar-refractivity contribution is 0.0740. The van der Waals surface area contributed by atoms with Crippen LogP contribution in [0.15, 0.2) is 12.1 Å². The van der Waals surface area contributed by atoms with Gasteiger partial charge in [0.05, 0.1) is 9.75 Å². The lowest BCUT2D eigenvalue weighted by Crippen LogP contribution is -2.46. The maximum atomic E-state index is 11.9. The van der Waals surface area contributed by atoms with E-state index in [0.717, 1.165) is 32.5 Å². The van der Waals surface area contributed by atoms with Crippen molar-refractivity contribution in [3.63, 3.8) is 0 Å². The zero-order chi connectivity index (χ0) is 10.7. The summed E-state index contributed by atoms with van der Waals surface area (Å²) in [5.41, 5.74) is 0. The van der Waals surface area contributed by atoms with E-state index in [0.29, 0.717) is 9.75 Å². The summed E-state index contributed by atoms with van der Waals surface area (Å²) in [7, 11) is 0. The lowest BCUT2D eigenvalue weighted by atomic mass is 10.3. The summed E-state index contributed by atoms with van der Waals surface area (Å²) in [6.07, 6.45) is 0.777. The van der Waals surface area contributed by atoms with Crippen LogP contribution in [0.1, 0.15) is 19.3 Å². The van der Waals surface area contributed by atoms with Crippen LogP contribution in [0, 0.1) is 0 Å². The average molecular weight is 224 g/mol. The standard InChI is InChI=1S/C10H12N2O2S/c13-7-8-1-2-9(15-8)10(14)12-5-3-11-4-6-12/h1-2,7,11H,3-6H2. The van der Waals surface area contributed by atoms with Crippen LogP contribution in [0.5, 0.6) is 0 Å². The van der Waals surface area contributed by atoms with E-state index in [1.165, 1.54) is 11.3 Å². The molecule has 4 nitrogen and oxygen atoms in total. The molecule has 0 bridgehead atoms. The molecule has 1 amide bonds. The van der Waals surface area contributed by atoms with Gasteiger partial charge in [0.2, 0.25) is 0 Å². The summed E-state index contributed by atoms with van der Waals surface area (Å²) >= 11 is 1.25. The molecule has 1 aromatic heterocycles. The van der Waals surface area contributed by atoms with Crippen molar-refractivity contribution in [2.45, 2.75) is 0 Å². The SMILES string of the molecule is O=Cc1ccc(C(=O)N2CCNCC2)s1. The fourth-order valence-corrected chi connectivity index (χ4v) is 2.35. The summed E-state index contributed by atoms with van der Waals surface area (Å²) in [5, 5.41) is 3.19. The molecular formula is C10H12N2O2S. The highest BCUT2D eigenvalue weighted by molar-refractivity contribution is 7.15. The summed E-state index contributed by atoms with van der Waals surface area (Å²) in [5.74, 6) is 0.0367. The summed E-state index contributed by atoms with van der Waals surface area (Å²) in [4.78, 5) is 25.5. The highest BCUT2D eigenvalue weighted by Crippen LogP contribution is 2.16. The van der Waals surface area contributed by atoms with Crippen LogP contribution < -0.4 is 5.32 Å². The Morgan fingerprint density at radius 2 is 2.13 bits per heavy atom. The van der Waals surface area contributed by atoms with Crippen molar-refractivity contribution in [3.05, 3.63) is 21.9 Å². The first kappa shape index (κ1) is 10.3. The number of rotatable bonds is 2. The highest BCUT2D eigenvalue weighted by atomic mass is 32.1. The van der Waals surface area contributed by atoms with Crippen molar-refractivity contribution in [2.75, 3.05) is 26.2 Å². The van der Waals surface area contributed by atoms with E-state index in [9.17, 15) is 9.59 Å². The van der Waals surface area contributed by atoms with Gasteiger partial charge in [-0.15, -0.1) is 11.3 Å². The van der Waals surface area contributed by atoms with Crippen LogP contribution >= 0.6 is 11.3 Å². The van der Waals surface area contributed by atoms with E-state index in [4.69, 9.17) is 0 Å². The monoisotopic (exact) mass is 224 g/mol. The Balaban J connectivity index is 2.08. The Bertz CT molecular complexity index is 369. The largest absolute Gasteiger partial charge is 0.335 e. The smallest absolute Gasteiger partial charge is 0.264 e. The molecule has 80 valence electrons. The normalized spacial score (nSPS) is 16.4. The molecule has 1 aliphatic heterocycles. The first-order valence-corrected chi connectivity index (χ1v) is 5.68. The van der Waals surface area contributed by atoms with Crippen molar-refractivity contribution < 1.29 is 9.59 Å². The van der Waals surface area contributed by atoms with Gasteiger partial charge < -0.3 is 10.2 Å². The molecule has 0 aliphatic carbocycles. The molecule has 1 saturated heterocycles. The van der Waals surface area contributed by atoms with Crippen LogP contribution in [-0.2, 0) is 0 Å². The molecule has 0 radical (unpaired) electrons. The first-order chi connectivity index (χ1) is 7.31. The Hall–Kier alpha value is -1.20. The molecule has 0 saturated carbocycles. The van der Waals surface area contributed by atoms with Crippen molar-refractivity contribution in [2.24, 2.45) is 0 Å². The maximum Gasteiger partial charge on any atom is 0.264 e. The van der Waals surface area contributed by atoms with Crippen molar-refractivity contribution in [1.29, 1.82) is 0 Å². The number of piperazine rings is 1. The second kappa shape index (κ2) is 4.55. The van der Waals surface area contributed by atoms with Crippen LogP contribution in [0.4, 0.5) is 0 Å². The fraction of sp³-hybridized carbons (Fsp3) is 0.400. The predicted octanol–water partition coefficient (Wildman–Crippen LogP) is 0.606. The molecule has 15 heavy (non-hydrogen) atoms. The number of hydrogen-bond donors (Lipinski definition) is 1. The van der Waals surface area contributed by atoms with E-state index >= 15 is 0 Å². The minimum Gasteiger partial charge on any atom is -0.335 e. The quantitative estimate of drug-likeness (QED) is 0.749. The van der Waals surface area contributed by atoms with Gasteiger partial charge in [0.1, 0.15) is 0 Å². The summed E-state index contributed by atoms with van der Waals surface area (Å²) in [6, 6.07) is 3.41. The van der Waals surface area contributed by atoms with Gasteiger partial charge in [0.25, 0.3) is 5.91 Å². The van der Waals surface area contributed by atoms with Gasteiger partial charge in [-0.3, -0.25) is 9.59 Å². The molecular weight excluding hydrogens is 212 g/mol. The molecule has 0 aromatic carbocycles. The molecule has 2 rings (SSSR count). The second-order valence-corrected chi connectivity index (χ2v) is 4.48. The van der Waals surface area contributed by atoms with Crippen molar-refractivity contribution in [3.8, 4) is 0 Å². The molecule has 1 N–H and O–H groups in total. The Labute approximate surface area is 91.9 Å². The first-order valence-electron chi connectivity index (χ1n) is 4.86. The van der Waals surface area contributed by atoms with Crippen molar-refractivity contribution in [1.82, 2.24) is 10.2 Å². The number of hydrogen-bond acceptors (Lipinski definition) is 4. The Kier molecular flexibility index (Phi) is 3.13. The number of carbonyl (C=O) groups excluding carboxylic acids is 2. The lowest BCUT2D eigenvalue weighted by Gasteiger charge is -2.26. The van der Waals surface area contributed by atoms with Gasteiger partial charge in [-0.1, -0.05) is 0 Å². The number of amides is 1. The molecule has 0 unspecified atom stereocenters. The summed E-state index contributed by atoms with van der Waals surface area (Å²) in [6.45, 7) is 3.18. The third-order valence-electron chi connectivity index (χ3n) is 2.36. The third-order valence-corrected chi connectivity index (χ3v) is 3.36. The van der Waals surface area contributed by atoms with E-state index in [1.807, 2.05) is 4.90 Å². The number of nitrogens with one attached hydrogen (secondary N) is 1. The number of thiophene rings is 1. The van der Waals surface area contributed by atoms with Gasteiger partial charge in [-0.2, -0.15) is 0 Å². The topological polar surface area (TPSA) is 49.4 Å². The second-order valence-electron chi connectivity index (χ2n) is 3.36. The Morgan fingerprint density at radius 3 is 2.73 bits per heavy atom. The zero-order valence-electron chi connectivity index (χ0n) is 8.23. The van der Waals surface area contributed by atoms with Gasteiger partial charge in [0.15, 0.2) is 6.29 Å². The number of nitrogens with zero attached hydrogens (tertiary/aromatic N) is 1. The molecule has 1 fully saturated rings. The predicted molar refractivity (Wildman–Crippen MR) is 58.5 cm³/mol. The maximum absolute atomic E-state index is 11.9. The molecule has 5 heteroatoms. The van der Waals surface area contributed by atoms with Crippen molar-refractivity contribution >= 4 is 23.5 Å².